The lowest BCUT2D eigenvalue weighted by molar-refractivity contribution is -0.125. The molecule has 0 aliphatic carbocycles. The van der Waals surface area contributed by atoms with Crippen LogP contribution in [-0.4, -0.2) is 25.7 Å². The number of anilines is 1. The number of hydrogen-bond donors (Lipinski definition) is 0. The predicted octanol–water partition coefficient (Wildman–Crippen LogP) is 2.38. The fourth-order valence-corrected chi connectivity index (χ4v) is 1.59. The highest BCUT2D eigenvalue weighted by molar-refractivity contribution is 5.94. The van der Waals surface area contributed by atoms with Crippen molar-refractivity contribution in [3.05, 3.63) is 29.8 Å². The van der Waals surface area contributed by atoms with Gasteiger partial charge in [0.05, 0.1) is 6.61 Å². The summed E-state index contributed by atoms with van der Waals surface area (Å²) in [4.78, 5) is 13.3. The minimum Gasteiger partial charge on any atom is -0.370 e. The van der Waals surface area contributed by atoms with Gasteiger partial charge in [-0.1, -0.05) is 26.0 Å². The topological polar surface area (TPSA) is 29.5 Å². The number of aryl methyl sites for hydroxylation is 1. The lowest BCUT2D eigenvalue weighted by Crippen LogP contribution is -2.41. The fraction of sp³-hybridized carbons (Fsp3) is 0.462. The van der Waals surface area contributed by atoms with Gasteiger partial charge in [-0.05, 0) is 24.6 Å². The molecule has 1 heterocycles. The van der Waals surface area contributed by atoms with Crippen molar-refractivity contribution in [1.29, 1.82) is 0 Å². The Morgan fingerprint density at radius 3 is 2.69 bits per heavy atom. The summed E-state index contributed by atoms with van der Waals surface area (Å²) in [5.74, 6) is 0.0434. The Balaban J connectivity index is 0.000000606. The second-order valence-electron chi connectivity index (χ2n) is 3.44. The molecule has 0 atom stereocenters. The number of amides is 1. The summed E-state index contributed by atoms with van der Waals surface area (Å²) in [6.07, 6.45) is 0. The Labute approximate surface area is 97.0 Å². The highest BCUT2D eigenvalue weighted by Crippen LogP contribution is 2.17. The number of rotatable bonds is 1. The third kappa shape index (κ3) is 3.07. The molecule has 0 spiro atoms. The maximum atomic E-state index is 11.5. The van der Waals surface area contributed by atoms with Crippen molar-refractivity contribution in [3.63, 3.8) is 0 Å². The summed E-state index contributed by atoms with van der Waals surface area (Å²) < 4.78 is 5.07. The van der Waals surface area contributed by atoms with Crippen molar-refractivity contribution >= 4 is 11.6 Å². The summed E-state index contributed by atoms with van der Waals surface area (Å²) in [7, 11) is 0. The van der Waals surface area contributed by atoms with Crippen molar-refractivity contribution in [3.8, 4) is 0 Å². The number of hydrogen-bond acceptors (Lipinski definition) is 2. The second-order valence-corrected chi connectivity index (χ2v) is 3.44. The van der Waals surface area contributed by atoms with Crippen LogP contribution in [0.25, 0.3) is 0 Å². The molecule has 0 radical (unpaired) electrons. The second kappa shape index (κ2) is 6.28. The monoisotopic (exact) mass is 221 g/mol. The smallest absolute Gasteiger partial charge is 0.253 e. The lowest BCUT2D eigenvalue weighted by atomic mass is 10.2. The van der Waals surface area contributed by atoms with Crippen LogP contribution in [-0.2, 0) is 9.53 Å². The van der Waals surface area contributed by atoms with Crippen LogP contribution in [0.3, 0.4) is 0 Å². The van der Waals surface area contributed by atoms with Gasteiger partial charge in [0.25, 0.3) is 5.91 Å². The first-order valence-electron chi connectivity index (χ1n) is 5.72. The minimum absolute atomic E-state index is 0.0434. The number of benzene rings is 1. The minimum atomic E-state index is 0.0434. The van der Waals surface area contributed by atoms with Gasteiger partial charge in [-0.3, -0.25) is 4.79 Å². The fourth-order valence-electron chi connectivity index (χ4n) is 1.59. The zero-order valence-electron chi connectivity index (χ0n) is 10.2. The standard InChI is InChI=1S/C11H13NO2.C2H6/c1-9-3-2-4-10(7-9)12-5-6-14-8-11(12)13;1-2/h2-4,7H,5-6,8H2,1H3;1-2H3. The average Bonchev–Trinajstić information content (AvgIpc) is 2.32. The van der Waals surface area contributed by atoms with E-state index in [2.05, 4.69) is 0 Å². The highest BCUT2D eigenvalue weighted by atomic mass is 16.5. The van der Waals surface area contributed by atoms with Gasteiger partial charge in [0.2, 0.25) is 0 Å². The summed E-state index contributed by atoms with van der Waals surface area (Å²) >= 11 is 0. The van der Waals surface area contributed by atoms with Crippen LogP contribution < -0.4 is 4.90 Å². The summed E-state index contributed by atoms with van der Waals surface area (Å²) in [6.45, 7) is 7.50. The van der Waals surface area contributed by atoms with E-state index in [1.165, 1.54) is 5.56 Å². The zero-order valence-corrected chi connectivity index (χ0v) is 10.2. The van der Waals surface area contributed by atoms with E-state index in [-0.39, 0.29) is 12.5 Å². The van der Waals surface area contributed by atoms with E-state index in [0.717, 1.165) is 5.69 Å². The number of morpholine rings is 1. The molecular formula is C13H19NO2. The van der Waals surface area contributed by atoms with Gasteiger partial charge >= 0.3 is 0 Å². The SMILES string of the molecule is CC.Cc1cccc(N2CCOCC2=O)c1. The van der Waals surface area contributed by atoms with Gasteiger partial charge in [-0.25, -0.2) is 0 Å². The molecule has 0 aromatic heterocycles. The molecule has 1 aliphatic heterocycles. The number of carbonyl (C=O) groups excluding carboxylic acids is 1. The molecule has 3 nitrogen and oxygen atoms in total. The molecule has 0 unspecified atom stereocenters. The molecule has 1 aliphatic rings. The molecule has 2 rings (SSSR count). The normalized spacial score (nSPS) is 15.4. The molecule has 3 heteroatoms. The third-order valence-corrected chi connectivity index (χ3v) is 2.30. The van der Waals surface area contributed by atoms with Crippen LogP contribution in [0.1, 0.15) is 19.4 Å². The molecule has 1 aromatic rings. The van der Waals surface area contributed by atoms with Crippen LogP contribution in [0.2, 0.25) is 0 Å². The van der Waals surface area contributed by atoms with Crippen molar-refractivity contribution < 1.29 is 9.53 Å². The third-order valence-electron chi connectivity index (χ3n) is 2.30. The number of ether oxygens (including phenoxy) is 1. The first-order valence-corrected chi connectivity index (χ1v) is 5.72. The molecule has 88 valence electrons. The largest absolute Gasteiger partial charge is 0.370 e. The van der Waals surface area contributed by atoms with Gasteiger partial charge in [0.15, 0.2) is 0 Å². The van der Waals surface area contributed by atoms with E-state index in [4.69, 9.17) is 4.74 Å². The molecule has 0 N–H and O–H groups in total. The van der Waals surface area contributed by atoms with Gasteiger partial charge < -0.3 is 9.64 Å². The van der Waals surface area contributed by atoms with E-state index in [0.29, 0.717) is 13.2 Å². The molecule has 16 heavy (non-hydrogen) atoms. The van der Waals surface area contributed by atoms with Gasteiger partial charge in [-0.2, -0.15) is 0 Å². The zero-order chi connectivity index (χ0) is 12.0. The van der Waals surface area contributed by atoms with Crippen LogP contribution in [0.4, 0.5) is 5.69 Å². The van der Waals surface area contributed by atoms with Crippen LogP contribution in [0.5, 0.6) is 0 Å². The number of carbonyl (C=O) groups is 1. The van der Waals surface area contributed by atoms with E-state index in [1.807, 2.05) is 45.0 Å². The van der Waals surface area contributed by atoms with E-state index < -0.39 is 0 Å². The average molecular weight is 221 g/mol. The van der Waals surface area contributed by atoms with Crippen molar-refractivity contribution in [2.75, 3.05) is 24.7 Å². The first kappa shape index (κ1) is 12.7. The Bertz CT molecular complexity index is 350. The van der Waals surface area contributed by atoms with Crippen LogP contribution >= 0.6 is 0 Å². The molecule has 1 amide bonds. The number of nitrogens with zero attached hydrogens (tertiary/aromatic N) is 1. The lowest BCUT2D eigenvalue weighted by Gasteiger charge is -2.26. The quantitative estimate of drug-likeness (QED) is 0.728. The molecule has 0 bridgehead atoms. The maximum absolute atomic E-state index is 11.5. The molecular weight excluding hydrogens is 202 g/mol. The van der Waals surface area contributed by atoms with Crippen molar-refractivity contribution in [2.45, 2.75) is 20.8 Å². The first-order chi connectivity index (χ1) is 7.77. The summed E-state index contributed by atoms with van der Waals surface area (Å²) in [5, 5.41) is 0. The van der Waals surface area contributed by atoms with Gasteiger partial charge in [0, 0.05) is 12.2 Å². The Kier molecular flexibility index (Phi) is 4.99. The van der Waals surface area contributed by atoms with Gasteiger partial charge in [-0.15, -0.1) is 0 Å². The summed E-state index contributed by atoms with van der Waals surface area (Å²) in [5.41, 5.74) is 2.14. The van der Waals surface area contributed by atoms with Crippen LogP contribution in [0, 0.1) is 6.92 Å². The predicted molar refractivity (Wildman–Crippen MR) is 65.7 cm³/mol. The Morgan fingerprint density at radius 1 is 1.31 bits per heavy atom. The maximum Gasteiger partial charge on any atom is 0.253 e. The molecule has 1 aromatic carbocycles. The Morgan fingerprint density at radius 2 is 2.06 bits per heavy atom. The van der Waals surface area contributed by atoms with Crippen molar-refractivity contribution in [1.82, 2.24) is 0 Å². The van der Waals surface area contributed by atoms with Crippen molar-refractivity contribution in [2.24, 2.45) is 0 Å². The Hall–Kier alpha value is -1.35. The summed E-state index contributed by atoms with van der Waals surface area (Å²) in [6, 6.07) is 7.96. The highest BCUT2D eigenvalue weighted by Gasteiger charge is 2.19. The van der Waals surface area contributed by atoms with E-state index in [9.17, 15) is 4.79 Å². The molecule has 1 fully saturated rings. The van der Waals surface area contributed by atoms with Gasteiger partial charge in [0.1, 0.15) is 6.61 Å². The molecule has 1 saturated heterocycles. The molecule has 0 saturated carbocycles. The van der Waals surface area contributed by atoms with E-state index in [1.54, 1.807) is 4.90 Å². The van der Waals surface area contributed by atoms with E-state index >= 15 is 0 Å². The van der Waals surface area contributed by atoms with Crippen LogP contribution in [0.15, 0.2) is 24.3 Å².